The Balaban J connectivity index is 2.37. The minimum Gasteiger partial charge on any atom is -0.316 e. The van der Waals surface area contributed by atoms with Crippen LogP contribution in [0.25, 0.3) is 0 Å². The van der Waals surface area contributed by atoms with E-state index in [9.17, 15) is 25.0 Å². The molecule has 0 saturated heterocycles. The standard InChI is InChI=1S/C13H7Cl2N3O5/c14-7-1-3-9(10(15)5-7)13(19)16-11-4-2-8(17(20)21)6-12(11)18(22)23/h1-6H,(H,16,19). The van der Waals surface area contributed by atoms with Crippen molar-refractivity contribution in [1.29, 1.82) is 0 Å². The first-order valence-corrected chi connectivity index (χ1v) is 6.74. The fourth-order valence-electron chi connectivity index (χ4n) is 1.75. The molecular formula is C13H7Cl2N3O5. The van der Waals surface area contributed by atoms with Crippen molar-refractivity contribution in [3.63, 3.8) is 0 Å². The highest BCUT2D eigenvalue weighted by atomic mass is 35.5. The molecule has 0 atom stereocenters. The number of benzene rings is 2. The number of halogens is 2. The molecular weight excluding hydrogens is 349 g/mol. The number of nitrogens with one attached hydrogen (secondary N) is 1. The van der Waals surface area contributed by atoms with Crippen LogP contribution >= 0.6 is 23.2 Å². The maximum atomic E-state index is 12.1. The normalized spacial score (nSPS) is 10.2. The number of nitrogens with zero attached hydrogens (tertiary/aromatic N) is 2. The Morgan fingerprint density at radius 2 is 1.70 bits per heavy atom. The first-order valence-electron chi connectivity index (χ1n) is 5.99. The van der Waals surface area contributed by atoms with Gasteiger partial charge >= 0.3 is 0 Å². The number of non-ortho nitro benzene ring substituents is 1. The number of amides is 1. The van der Waals surface area contributed by atoms with Crippen LogP contribution in [0.4, 0.5) is 17.1 Å². The second-order valence-corrected chi connectivity index (χ2v) is 5.14. The highest BCUT2D eigenvalue weighted by Gasteiger charge is 2.22. The van der Waals surface area contributed by atoms with E-state index in [-0.39, 0.29) is 16.3 Å². The number of carbonyl (C=O) groups is 1. The number of hydrogen-bond donors (Lipinski definition) is 1. The molecule has 0 bridgehead atoms. The minimum absolute atomic E-state index is 0.0590. The third kappa shape index (κ3) is 3.74. The van der Waals surface area contributed by atoms with Crippen molar-refractivity contribution >= 4 is 46.2 Å². The van der Waals surface area contributed by atoms with Gasteiger partial charge in [0.15, 0.2) is 0 Å². The van der Waals surface area contributed by atoms with E-state index in [0.717, 1.165) is 18.2 Å². The van der Waals surface area contributed by atoms with Gasteiger partial charge in [-0.15, -0.1) is 0 Å². The molecule has 2 aromatic carbocycles. The fraction of sp³-hybridized carbons (Fsp3) is 0. The molecule has 0 aromatic heterocycles. The van der Waals surface area contributed by atoms with Crippen molar-refractivity contribution in [2.45, 2.75) is 0 Å². The summed E-state index contributed by atoms with van der Waals surface area (Å²) in [5, 5.41) is 24.4. The average Bonchev–Trinajstić information content (AvgIpc) is 2.46. The van der Waals surface area contributed by atoms with E-state index in [2.05, 4.69) is 5.32 Å². The molecule has 0 saturated carbocycles. The molecule has 1 amide bonds. The molecule has 2 aromatic rings. The van der Waals surface area contributed by atoms with Gasteiger partial charge in [0.2, 0.25) is 0 Å². The van der Waals surface area contributed by atoms with E-state index >= 15 is 0 Å². The Morgan fingerprint density at radius 1 is 1.00 bits per heavy atom. The Labute approximate surface area is 138 Å². The molecule has 0 aliphatic heterocycles. The number of rotatable bonds is 4. The highest BCUT2D eigenvalue weighted by molar-refractivity contribution is 6.37. The van der Waals surface area contributed by atoms with Gasteiger partial charge in [0.1, 0.15) is 5.69 Å². The van der Waals surface area contributed by atoms with Crippen LogP contribution in [-0.2, 0) is 0 Å². The molecule has 0 aliphatic carbocycles. The van der Waals surface area contributed by atoms with Crippen LogP contribution in [0.5, 0.6) is 0 Å². The molecule has 10 heteroatoms. The molecule has 0 fully saturated rings. The van der Waals surface area contributed by atoms with Crippen LogP contribution < -0.4 is 5.32 Å². The number of anilines is 1. The molecule has 0 heterocycles. The summed E-state index contributed by atoms with van der Waals surface area (Å²) in [6.07, 6.45) is 0. The van der Waals surface area contributed by atoms with Crippen molar-refractivity contribution in [2.24, 2.45) is 0 Å². The highest BCUT2D eigenvalue weighted by Crippen LogP contribution is 2.30. The van der Waals surface area contributed by atoms with Gasteiger partial charge in [-0.3, -0.25) is 25.0 Å². The van der Waals surface area contributed by atoms with Crippen molar-refractivity contribution < 1.29 is 14.6 Å². The summed E-state index contributed by atoms with van der Waals surface area (Å²) in [4.78, 5) is 32.2. The molecule has 8 nitrogen and oxygen atoms in total. The average molecular weight is 356 g/mol. The summed E-state index contributed by atoms with van der Waals surface area (Å²) in [6.45, 7) is 0. The van der Waals surface area contributed by atoms with E-state index in [0.29, 0.717) is 5.02 Å². The third-order valence-corrected chi connectivity index (χ3v) is 3.36. The van der Waals surface area contributed by atoms with E-state index in [1.807, 2.05) is 0 Å². The van der Waals surface area contributed by atoms with Crippen LogP contribution in [0.1, 0.15) is 10.4 Å². The molecule has 23 heavy (non-hydrogen) atoms. The van der Waals surface area contributed by atoms with Crippen LogP contribution in [0.2, 0.25) is 10.0 Å². The molecule has 0 radical (unpaired) electrons. The van der Waals surface area contributed by atoms with Gasteiger partial charge in [0.25, 0.3) is 17.3 Å². The maximum absolute atomic E-state index is 12.1. The van der Waals surface area contributed by atoms with Crippen molar-refractivity contribution in [1.82, 2.24) is 0 Å². The minimum atomic E-state index is -0.827. The Hall–Kier alpha value is -2.71. The largest absolute Gasteiger partial charge is 0.316 e. The molecule has 0 spiro atoms. The fourth-order valence-corrected chi connectivity index (χ4v) is 2.25. The summed E-state index contributed by atoms with van der Waals surface area (Å²) < 4.78 is 0. The third-order valence-electron chi connectivity index (χ3n) is 2.81. The van der Waals surface area contributed by atoms with Gasteiger partial charge in [0, 0.05) is 11.1 Å². The van der Waals surface area contributed by atoms with Crippen LogP contribution in [0, 0.1) is 20.2 Å². The smallest absolute Gasteiger partial charge is 0.299 e. The predicted molar refractivity (Wildman–Crippen MR) is 84.2 cm³/mol. The lowest BCUT2D eigenvalue weighted by atomic mass is 10.2. The van der Waals surface area contributed by atoms with Gasteiger partial charge in [-0.25, -0.2) is 0 Å². The summed E-state index contributed by atoms with van der Waals surface area (Å²) >= 11 is 11.6. The molecule has 0 unspecified atom stereocenters. The number of hydrogen-bond acceptors (Lipinski definition) is 5. The second kappa shape index (κ2) is 6.59. The Bertz CT molecular complexity index is 825. The van der Waals surface area contributed by atoms with Crippen LogP contribution in [-0.4, -0.2) is 15.8 Å². The van der Waals surface area contributed by atoms with Gasteiger partial charge in [-0.1, -0.05) is 23.2 Å². The Morgan fingerprint density at radius 3 is 2.26 bits per heavy atom. The van der Waals surface area contributed by atoms with Crippen LogP contribution in [0.3, 0.4) is 0 Å². The van der Waals surface area contributed by atoms with E-state index < -0.39 is 27.1 Å². The molecule has 0 aliphatic rings. The molecule has 118 valence electrons. The lowest BCUT2D eigenvalue weighted by Gasteiger charge is -2.07. The number of nitro groups is 2. The zero-order valence-corrected chi connectivity index (χ0v) is 12.7. The number of carbonyl (C=O) groups excluding carboxylic acids is 1. The van der Waals surface area contributed by atoms with E-state index in [1.165, 1.54) is 18.2 Å². The zero-order chi connectivity index (χ0) is 17.1. The van der Waals surface area contributed by atoms with Crippen LogP contribution in [0.15, 0.2) is 36.4 Å². The predicted octanol–water partition coefficient (Wildman–Crippen LogP) is 4.06. The first kappa shape index (κ1) is 16.7. The maximum Gasteiger partial charge on any atom is 0.299 e. The van der Waals surface area contributed by atoms with Gasteiger partial charge in [-0.2, -0.15) is 0 Å². The lowest BCUT2D eigenvalue weighted by Crippen LogP contribution is -2.13. The van der Waals surface area contributed by atoms with Crippen molar-refractivity contribution in [3.05, 3.63) is 72.2 Å². The van der Waals surface area contributed by atoms with Gasteiger partial charge < -0.3 is 5.32 Å². The SMILES string of the molecule is O=C(Nc1ccc([N+](=O)[O-])cc1[N+](=O)[O-])c1ccc(Cl)cc1Cl. The van der Waals surface area contributed by atoms with E-state index in [4.69, 9.17) is 23.2 Å². The monoisotopic (exact) mass is 355 g/mol. The summed E-state index contributed by atoms with van der Waals surface area (Å²) in [6, 6.07) is 7.04. The quantitative estimate of drug-likeness (QED) is 0.655. The summed E-state index contributed by atoms with van der Waals surface area (Å²) in [7, 11) is 0. The van der Waals surface area contributed by atoms with E-state index in [1.54, 1.807) is 0 Å². The van der Waals surface area contributed by atoms with Gasteiger partial charge in [-0.05, 0) is 24.3 Å². The topological polar surface area (TPSA) is 115 Å². The summed E-state index contributed by atoms with van der Waals surface area (Å²) in [5.74, 6) is -0.705. The summed E-state index contributed by atoms with van der Waals surface area (Å²) in [5.41, 5.74) is -1.18. The zero-order valence-electron chi connectivity index (χ0n) is 11.2. The second-order valence-electron chi connectivity index (χ2n) is 4.29. The lowest BCUT2D eigenvalue weighted by molar-refractivity contribution is -0.393. The molecule has 2 rings (SSSR count). The van der Waals surface area contributed by atoms with Gasteiger partial charge in [0.05, 0.1) is 26.5 Å². The first-order chi connectivity index (χ1) is 10.8. The van der Waals surface area contributed by atoms with Crippen molar-refractivity contribution in [2.75, 3.05) is 5.32 Å². The number of nitro benzene ring substituents is 2. The Kier molecular flexibility index (Phi) is 4.77. The van der Waals surface area contributed by atoms with Crippen molar-refractivity contribution in [3.8, 4) is 0 Å². The molecule has 1 N–H and O–H groups in total.